The molecule has 2 aliphatic heterocycles. The fourth-order valence-corrected chi connectivity index (χ4v) is 7.53. The van der Waals surface area contributed by atoms with Crippen LogP contribution in [0.2, 0.25) is 0 Å². The summed E-state index contributed by atoms with van der Waals surface area (Å²) in [5.41, 5.74) is 15.3. The molecule has 1 aromatic heterocycles. The van der Waals surface area contributed by atoms with Gasteiger partial charge in [0.05, 0.1) is 0 Å². The van der Waals surface area contributed by atoms with Crippen molar-refractivity contribution in [3.8, 4) is 22.3 Å². The second kappa shape index (κ2) is 17.6. The first-order chi connectivity index (χ1) is 26.8. The van der Waals surface area contributed by atoms with Crippen LogP contribution >= 0.6 is 0 Å². The van der Waals surface area contributed by atoms with E-state index in [2.05, 4.69) is 61.1 Å². The molecular formula is C46H50F3N5O2. The summed E-state index contributed by atoms with van der Waals surface area (Å²) in [4.78, 5) is 37.9. The average Bonchev–Trinajstić information content (AvgIpc) is 3.19. The van der Waals surface area contributed by atoms with Crippen molar-refractivity contribution in [2.24, 2.45) is 11.7 Å². The van der Waals surface area contributed by atoms with Crippen LogP contribution in [0.25, 0.3) is 22.3 Å². The lowest BCUT2D eigenvalue weighted by atomic mass is 9.92. The molecule has 0 spiro atoms. The van der Waals surface area contributed by atoms with E-state index >= 15 is 0 Å². The maximum atomic E-state index is 13.5. The number of carbonyl (C=O) groups is 2. The Morgan fingerprint density at radius 1 is 0.696 bits per heavy atom. The van der Waals surface area contributed by atoms with Gasteiger partial charge in [-0.15, -0.1) is 0 Å². The van der Waals surface area contributed by atoms with E-state index in [1.54, 1.807) is 0 Å². The van der Waals surface area contributed by atoms with Gasteiger partial charge >= 0.3 is 6.18 Å². The Morgan fingerprint density at radius 3 is 1.73 bits per heavy atom. The van der Waals surface area contributed by atoms with Gasteiger partial charge in [-0.1, -0.05) is 72.8 Å². The molecule has 0 radical (unpaired) electrons. The van der Waals surface area contributed by atoms with Crippen LogP contribution in [0.3, 0.4) is 0 Å². The maximum Gasteiger partial charge on any atom is 0.433 e. The van der Waals surface area contributed by atoms with E-state index in [0.29, 0.717) is 31.6 Å². The summed E-state index contributed by atoms with van der Waals surface area (Å²) in [5, 5.41) is 0. The number of hydrogen-bond acceptors (Lipinski definition) is 5. The lowest BCUT2D eigenvalue weighted by Crippen LogP contribution is -2.45. The van der Waals surface area contributed by atoms with Crippen LogP contribution in [0.5, 0.6) is 0 Å². The number of aryl methyl sites for hydroxylation is 4. The summed E-state index contributed by atoms with van der Waals surface area (Å²) in [5.74, 6) is 0.215. The number of alkyl halides is 3. The standard InChI is InChI=1S/C26H26F3N3O.C20H24N2O/c1-17-9-10-20(14-18(17)2)21-7-3-4-8-22(21)25(33)32-13-5-6-19(16-32)15-24-30-12-11-23(31-24)26(27,28)29;1-14-9-10-16(12-15(14)2)18-7-3-4-8-19(18)20(23)22-11-5-6-17(21)13-22/h3-4,7-12,14,19H,5-6,13,15-16H2,1-2H3;3-4,7-10,12,17H,5-6,11,13,21H2,1-2H3/t19-;17-/m01/s1. The Bertz CT molecular complexity index is 2180. The van der Waals surface area contributed by atoms with Gasteiger partial charge in [-0.3, -0.25) is 9.59 Å². The lowest BCUT2D eigenvalue weighted by molar-refractivity contribution is -0.141. The van der Waals surface area contributed by atoms with Gasteiger partial charge in [0.2, 0.25) is 0 Å². The molecule has 10 heteroatoms. The van der Waals surface area contributed by atoms with Crippen molar-refractivity contribution in [1.29, 1.82) is 0 Å². The molecule has 3 heterocycles. The first-order valence-electron chi connectivity index (χ1n) is 19.3. The Labute approximate surface area is 327 Å². The fraction of sp³-hybridized carbons (Fsp3) is 0.348. The van der Waals surface area contributed by atoms with E-state index in [1.807, 2.05) is 71.3 Å². The van der Waals surface area contributed by atoms with E-state index in [-0.39, 0.29) is 29.6 Å². The minimum atomic E-state index is -4.50. The largest absolute Gasteiger partial charge is 0.433 e. The average molecular weight is 762 g/mol. The number of nitrogens with zero attached hydrogens (tertiary/aromatic N) is 4. The highest BCUT2D eigenvalue weighted by molar-refractivity contribution is 6.01. The third kappa shape index (κ3) is 9.71. The van der Waals surface area contributed by atoms with Crippen LogP contribution in [0.1, 0.15) is 80.2 Å². The van der Waals surface area contributed by atoms with Crippen LogP contribution in [0, 0.1) is 33.6 Å². The number of hydrogen-bond donors (Lipinski definition) is 1. The highest BCUT2D eigenvalue weighted by atomic mass is 19.4. The zero-order chi connectivity index (χ0) is 40.0. The highest BCUT2D eigenvalue weighted by Crippen LogP contribution is 2.31. The number of likely N-dealkylation sites (tertiary alicyclic amines) is 2. The van der Waals surface area contributed by atoms with Gasteiger partial charge in [-0.05, 0) is 122 Å². The number of amides is 2. The molecule has 2 fully saturated rings. The van der Waals surface area contributed by atoms with Crippen molar-refractivity contribution in [2.75, 3.05) is 26.2 Å². The Hall–Kier alpha value is -5.35. The molecular weight excluding hydrogens is 712 g/mol. The number of nitrogens with two attached hydrogens (primary N) is 1. The summed E-state index contributed by atoms with van der Waals surface area (Å²) in [6.45, 7) is 10.9. The first kappa shape index (κ1) is 40.3. The molecule has 292 valence electrons. The van der Waals surface area contributed by atoms with Crippen molar-refractivity contribution < 1.29 is 22.8 Å². The molecule has 0 saturated carbocycles. The van der Waals surface area contributed by atoms with Crippen molar-refractivity contribution >= 4 is 11.8 Å². The first-order valence-corrected chi connectivity index (χ1v) is 19.3. The molecule has 4 aromatic carbocycles. The maximum absolute atomic E-state index is 13.5. The van der Waals surface area contributed by atoms with Gasteiger partial charge in [0, 0.05) is 56.0 Å². The quantitative estimate of drug-likeness (QED) is 0.186. The molecule has 2 saturated heterocycles. The summed E-state index contributed by atoms with van der Waals surface area (Å²) in [6.07, 6.45) is 0.568. The Morgan fingerprint density at radius 2 is 1.21 bits per heavy atom. The van der Waals surface area contributed by atoms with Gasteiger partial charge in [-0.2, -0.15) is 13.2 Å². The van der Waals surface area contributed by atoms with Gasteiger partial charge in [0.15, 0.2) is 0 Å². The topological polar surface area (TPSA) is 92.4 Å². The molecule has 2 N–H and O–H groups in total. The summed E-state index contributed by atoms with van der Waals surface area (Å²) < 4.78 is 39.0. The predicted molar refractivity (Wildman–Crippen MR) is 215 cm³/mol. The smallest absolute Gasteiger partial charge is 0.338 e. The Kier molecular flexibility index (Phi) is 12.7. The molecule has 7 nitrogen and oxygen atoms in total. The number of aromatic nitrogens is 2. The minimum absolute atomic E-state index is 0.0139. The summed E-state index contributed by atoms with van der Waals surface area (Å²) in [6, 6.07) is 29.0. The van der Waals surface area contributed by atoms with Crippen LogP contribution in [-0.2, 0) is 12.6 Å². The highest BCUT2D eigenvalue weighted by Gasteiger charge is 2.33. The van der Waals surface area contributed by atoms with Crippen molar-refractivity contribution in [3.63, 3.8) is 0 Å². The number of benzene rings is 4. The minimum Gasteiger partial charge on any atom is -0.338 e. The fourth-order valence-electron chi connectivity index (χ4n) is 7.53. The zero-order valence-corrected chi connectivity index (χ0v) is 32.6. The molecule has 0 unspecified atom stereocenters. The molecule has 0 bridgehead atoms. The lowest BCUT2D eigenvalue weighted by Gasteiger charge is -2.33. The molecule has 0 aliphatic carbocycles. The number of carbonyl (C=O) groups excluding carboxylic acids is 2. The van der Waals surface area contributed by atoms with Crippen molar-refractivity contribution in [2.45, 2.75) is 72.0 Å². The van der Waals surface area contributed by atoms with Gasteiger partial charge in [0.25, 0.3) is 11.8 Å². The zero-order valence-electron chi connectivity index (χ0n) is 32.6. The second-order valence-electron chi connectivity index (χ2n) is 15.2. The third-order valence-electron chi connectivity index (χ3n) is 11.0. The van der Waals surface area contributed by atoms with Crippen molar-refractivity contribution in [1.82, 2.24) is 19.8 Å². The SMILES string of the molecule is Cc1ccc(-c2ccccc2C(=O)N2CCC[C@@H](Cc3nccc(C(F)(F)F)n3)C2)cc1C.Cc1ccc(-c2ccccc2C(=O)N2CCC[C@@H](N)C2)cc1C. The van der Waals surface area contributed by atoms with Gasteiger partial charge in [-0.25, -0.2) is 9.97 Å². The Balaban J connectivity index is 0.000000202. The molecule has 2 atom stereocenters. The molecule has 5 aromatic rings. The number of halogens is 3. The van der Waals surface area contributed by atoms with E-state index in [0.717, 1.165) is 77.9 Å². The van der Waals surface area contributed by atoms with E-state index in [4.69, 9.17) is 5.73 Å². The van der Waals surface area contributed by atoms with E-state index < -0.39 is 11.9 Å². The summed E-state index contributed by atoms with van der Waals surface area (Å²) >= 11 is 0. The van der Waals surface area contributed by atoms with E-state index in [1.165, 1.54) is 16.7 Å². The molecule has 56 heavy (non-hydrogen) atoms. The molecule has 7 rings (SSSR count). The normalized spacial score (nSPS) is 17.2. The van der Waals surface area contributed by atoms with Gasteiger partial charge < -0.3 is 15.5 Å². The number of piperidine rings is 2. The van der Waals surface area contributed by atoms with E-state index in [9.17, 15) is 22.8 Å². The van der Waals surface area contributed by atoms with Gasteiger partial charge in [0.1, 0.15) is 11.5 Å². The molecule has 2 amide bonds. The second-order valence-corrected chi connectivity index (χ2v) is 15.2. The third-order valence-corrected chi connectivity index (χ3v) is 11.0. The van der Waals surface area contributed by atoms with Crippen LogP contribution in [0.15, 0.2) is 97.2 Å². The van der Waals surface area contributed by atoms with Crippen LogP contribution in [-0.4, -0.2) is 63.8 Å². The van der Waals surface area contributed by atoms with Crippen molar-refractivity contribution in [3.05, 3.63) is 142 Å². The van der Waals surface area contributed by atoms with Crippen LogP contribution in [0.4, 0.5) is 13.2 Å². The predicted octanol–water partition coefficient (Wildman–Crippen LogP) is 9.41. The van der Waals surface area contributed by atoms with Crippen LogP contribution < -0.4 is 5.73 Å². The monoisotopic (exact) mass is 761 g/mol. The molecule has 2 aliphatic rings. The summed E-state index contributed by atoms with van der Waals surface area (Å²) in [7, 11) is 0. The number of rotatable bonds is 6.